The van der Waals surface area contributed by atoms with Gasteiger partial charge >= 0.3 is 0 Å². The summed E-state index contributed by atoms with van der Waals surface area (Å²) in [5.74, 6) is 1.35. The molecule has 1 aliphatic carbocycles. The molecule has 1 N–H and O–H groups in total. The molecular formula is C16H24N4O2. The summed E-state index contributed by atoms with van der Waals surface area (Å²) >= 11 is 0. The van der Waals surface area contributed by atoms with Crippen molar-refractivity contribution in [3.05, 3.63) is 18.0 Å². The highest BCUT2D eigenvalue weighted by Crippen LogP contribution is 2.32. The van der Waals surface area contributed by atoms with Gasteiger partial charge in [-0.05, 0) is 18.9 Å². The number of hydrogen-bond donors (Lipinski definition) is 1. The lowest BCUT2D eigenvalue weighted by atomic mass is 10.0. The average Bonchev–Trinajstić information content (AvgIpc) is 3.08. The second-order valence-corrected chi connectivity index (χ2v) is 6.13. The minimum Gasteiger partial charge on any atom is -0.373 e. The Kier molecular flexibility index (Phi) is 4.87. The van der Waals surface area contributed by atoms with Crippen molar-refractivity contribution in [2.24, 2.45) is 0 Å². The molecule has 2 fully saturated rings. The van der Waals surface area contributed by atoms with Crippen LogP contribution in [-0.4, -0.2) is 53.1 Å². The van der Waals surface area contributed by atoms with Gasteiger partial charge in [0.1, 0.15) is 0 Å². The van der Waals surface area contributed by atoms with Crippen molar-refractivity contribution in [3.63, 3.8) is 0 Å². The van der Waals surface area contributed by atoms with Gasteiger partial charge < -0.3 is 15.0 Å². The summed E-state index contributed by atoms with van der Waals surface area (Å²) in [4.78, 5) is 22.2. The van der Waals surface area contributed by atoms with E-state index in [0.717, 1.165) is 5.69 Å². The van der Waals surface area contributed by atoms with Gasteiger partial charge in [0, 0.05) is 44.4 Å². The van der Waals surface area contributed by atoms with Crippen LogP contribution in [0.15, 0.2) is 12.3 Å². The Bertz CT molecular complexity index is 517. The normalized spacial score (nSPS) is 22.8. The zero-order valence-corrected chi connectivity index (χ0v) is 13.1. The van der Waals surface area contributed by atoms with Crippen LogP contribution in [0.3, 0.4) is 0 Å². The topological polar surface area (TPSA) is 67.3 Å². The average molecular weight is 304 g/mol. The van der Waals surface area contributed by atoms with Crippen molar-refractivity contribution < 1.29 is 9.53 Å². The van der Waals surface area contributed by atoms with E-state index < -0.39 is 0 Å². The minimum atomic E-state index is -0.00335. The third kappa shape index (κ3) is 3.74. The molecule has 0 radical (unpaired) electrons. The zero-order valence-electron chi connectivity index (χ0n) is 13.1. The number of carbonyl (C=O) groups is 1. The molecule has 120 valence electrons. The van der Waals surface area contributed by atoms with Crippen molar-refractivity contribution in [1.82, 2.24) is 14.9 Å². The molecule has 3 rings (SSSR count). The highest BCUT2D eigenvalue weighted by Gasteiger charge is 2.22. The number of anilines is 1. The van der Waals surface area contributed by atoms with E-state index >= 15 is 0 Å². The number of nitrogens with zero attached hydrogens (tertiary/aromatic N) is 3. The quantitative estimate of drug-likeness (QED) is 0.918. The highest BCUT2D eigenvalue weighted by atomic mass is 16.5. The van der Waals surface area contributed by atoms with Gasteiger partial charge in [-0.25, -0.2) is 9.97 Å². The Morgan fingerprint density at radius 3 is 3.05 bits per heavy atom. The molecule has 1 saturated heterocycles. The molecule has 0 spiro atoms. The van der Waals surface area contributed by atoms with E-state index in [4.69, 9.17) is 4.74 Å². The summed E-state index contributed by atoms with van der Waals surface area (Å²) in [6, 6.07) is 2.02. The number of carbonyl (C=O) groups excluding carboxylic acids is 1. The maximum absolute atomic E-state index is 11.4. The van der Waals surface area contributed by atoms with Crippen molar-refractivity contribution in [2.45, 2.75) is 44.6 Å². The molecule has 6 heteroatoms. The highest BCUT2D eigenvalue weighted by molar-refractivity contribution is 5.73. The van der Waals surface area contributed by atoms with Crippen LogP contribution >= 0.6 is 0 Å². The van der Waals surface area contributed by atoms with Gasteiger partial charge in [-0.1, -0.05) is 12.8 Å². The summed E-state index contributed by atoms with van der Waals surface area (Å²) in [5, 5.41) is 3.25. The van der Waals surface area contributed by atoms with Gasteiger partial charge in [0.2, 0.25) is 11.9 Å². The third-order valence-electron chi connectivity index (χ3n) is 4.52. The van der Waals surface area contributed by atoms with E-state index in [1.165, 1.54) is 25.7 Å². The lowest BCUT2D eigenvalue weighted by Gasteiger charge is -2.32. The maximum Gasteiger partial charge on any atom is 0.222 e. The minimum absolute atomic E-state index is 0.00335. The predicted molar refractivity (Wildman–Crippen MR) is 83.7 cm³/mol. The number of ether oxygens (including phenoxy) is 1. The molecule has 1 aliphatic heterocycles. The second kappa shape index (κ2) is 7.05. The Labute approximate surface area is 131 Å². The van der Waals surface area contributed by atoms with E-state index in [2.05, 4.69) is 15.3 Å². The van der Waals surface area contributed by atoms with Gasteiger partial charge in [0.25, 0.3) is 0 Å². The first kappa shape index (κ1) is 15.2. The number of amides is 1. The summed E-state index contributed by atoms with van der Waals surface area (Å²) < 4.78 is 5.70. The summed E-state index contributed by atoms with van der Waals surface area (Å²) in [5.41, 5.74) is 1.14. The standard InChI is InChI=1S/C16H24N4O2/c1-12(21)20-8-9-22-14(11-20)10-18-16-17-7-6-15(19-16)13-4-2-3-5-13/h6-7,13-14H,2-5,8-11H2,1H3,(H,17,18,19). The SMILES string of the molecule is CC(=O)N1CCOC(CNc2nccc(C3CCCC3)n2)C1. The summed E-state index contributed by atoms with van der Waals surface area (Å²) in [7, 11) is 0. The summed E-state index contributed by atoms with van der Waals surface area (Å²) in [6.45, 7) is 4.13. The molecule has 2 aliphatic rings. The summed E-state index contributed by atoms with van der Waals surface area (Å²) in [6.07, 6.45) is 6.89. The molecule has 2 heterocycles. The van der Waals surface area contributed by atoms with Gasteiger partial charge in [-0.2, -0.15) is 0 Å². The van der Waals surface area contributed by atoms with Crippen LogP contribution in [0.25, 0.3) is 0 Å². The monoisotopic (exact) mass is 304 g/mol. The predicted octanol–water partition coefficient (Wildman–Crippen LogP) is 1.79. The fourth-order valence-corrected chi connectivity index (χ4v) is 3.24. The van der Waals surface area contributed by atoms with Gasteiger partial charge in [-0.15, -0.1) is 0 Å². The van der Waals surface area contributed by atoms with Crippen molar-refractivity contribution in [2.75, 3.05) is 31.6 Å². The zero-order chi connectivity index (χ0) is 15.4. The number of morpholine rings is 1. The van der Waals surface area contributed by atoms with Crippen LogP contribution in [-0.2, 0) is 9.53 Å². The van der Waals surface area contributed by atoms with Gasteiger partial charge in [0.15, 0.2) is 0 Å². The Morgan fingerprint density at radius 1 is 1.45 bits per heavy atom. The third-order valence-corrected chi connectivity index (χ3v) is 4.52. The van der Waals surface area contributed by atoms with E-state index in [1.807, 2.05) is 17.2 Å². The number of hydrogen-bond acceptors (Lipinski definition) is 5. The molecule has 1 amide bonds. The molecule has 1 atom stereocenters. The molecule has 1 unspecified atom stereocenters. The van der Waals surface area contributed by atoms with Gasteiger partial charge in [-0.3, -0.25) is 4.79 Å². The van der Waals surface area contributed by atoms with E-state index in [-0.39, 0.29) is 12.0 Å². The lowest BCUT2D eigenvalue weighted by Crippen LogP contribution is -2.47. The van der Waals surface area contributed by atoms with Crippen LogP contribution < -0.4 is 5.32 Å². The molecule has 0 aromatic carbocycles. The first-order valence-corrected chi connectivity index (χ1v) is 8.16. The van der Waals surface area contributed by atoms with Crippen LogP contribution in [0, 0.1) is 0 Å². The molecule has 1 aromatic rings. The second-order valence-electron chi connectivity index (χ2n) is 6.13. The molecular weight excluding hydrogens is 280 g/mol. The van der Waals surface area contributed by atoms with Crippen LogP contribution in [0.1, 0.15) is 44.2 Å². The van der Waals surface area contributed by atoms with Crippen molar-refractivity contribution in [1.29, 1.82) is 0 Å². The largest absolute Gasteiger partial charge is 0.373 e. The smallest absolute Gasteiger partial charge is 0.222 e. The van der Waals surface area contributed by atoms with E-state index in [0.29, 0.717) is 38.1 Å². The van der Waals surface area contributed by atoms with Crippen molar-refractivity contribution in [3.8, 4) is 0 Å². The Morgan fingerprint density at radius 2 is 2.27 bits per heavy atom. The van der Waals surface area contributed by atoms with E-state index in [9.17, 15) is 4.79 Å². The molecule has 6 nitrogen and oxygen atoms in total. The molecule has 1 saturated carbocycles. The maximum atomic E-state index is 11.4. The van der Waals surface area contributed by atoms with Crippen molar-refractivity contribution >= 4 is 11.9 Å². The van der Waals surface area contributed by atoms with Gasteiger partial charge in [0.05, 0.1) is 12.7 Å². The fraction of sp³-hybridized carbons (Fsp3) is 0.688. The Balaban J connectivity index is 1.54. The number of nitrogens with one attached hydrogen (secondary N) is 1. The molecule has 22 heavy (non-hydrogen) atoms. The van der Waals surface area contributed by atoms with Crippen LogP contribution in [0.4, 0.5) is 5.95 Å². The first-order valence-electron chi connectivity index (χ1n) is 8.16. The molecule has 1 aromatic heterocycles. The Hall–Kier alpha value is -1.69. The van der Waals surface area contributed by atoms with Crippen LogP contribution in [0.5, 0.6) is 0 Å². The first-order chi connectivity index (χ1) is 10.7. The fourth-order valence-electron chi connectivity index (χ4n) is 3.24. The number of rotatable bonds is 4. The number of aromatic nitrogens is 2. The van der Waals surface area contributed by atoms with Crippen LogP contribution in [0.2, 0.25) is 0 Å². The van der Waals surface area contributed by atoms with E-state index in [1.54, 1.807) is 6.92 Å². The molecule has 0 bridgehead atoms. The lowest BCUT2D eigenvalue weighted by molar-refractivity contribution is -0.135.